The number of aromatic nitrogens is 2. The highest BCUT2D eigenvalue weighted by molar-refractivity contribution is 6.30. The van der Waals surface area contributed by atoms with E-state index in [1.807, 2.05) is 0 Å². The van der Waals surface area contributed by atoms with Gasteiger partial charge in [0, 0.05) is 23.4 Å². The Morgan fingerprint density at radius 1 is 1.30 bits per heavy atom. The van der Waals surface area contributed by atoms with Crippen LogP contribution in [0.5, 0.6) is 0 Å². The fourth-order valence-corrected chi connectivity index (χ4v) is 3.40. The Bertz CT molecular complexity index is 811. The molecule has 1 saturated carbocycles. The van der Waals surface area contributed by atoms with Crippen LogP contribution in [-0.4, -0.2) is 32.7 Å². The standard InChI is InChI=1S/C19H22ClN3O4/c1-12-8-10-19(11-9-12,18(25)26)22-15(24)6-7-16-21-17(23-27-16)13-2-4-14(20)5-3-13/h2-5,12H,6-11H2,1H3,(H,22,24)(H,25,26). The molecule has 3 rings (SSSR count). The summed E-state index contributed by atoms with van der Waals surface area (Å²) in [5.41, 5.74) is -0.396. The van der Waals surface area contributed by atoms with E-state index >= 15 is 0 Å². The Hall–Kier alpha value is -2.41. The molecular formula is C19H22ClN3O4. The van der Waals surface area contributed by atoms with Crippen molar-refractivity contribution in [1.29, 1.82) is 0 Å². The molecule has 7 nitrogen and oxygen atoms in total. The zero-order chi connectivity index (χ0) is 19.4. The quantitative estimate of drug-likeness (QED) is 0.781. The van der Waals surface area contributed by atoms with Crippen molar-refractivity contribution in [3.8, 4) is 11.4 Å². The molecule has 0 atom stereocenters. The van der Waals surface area contributed by atoms with Crippen LogP contribution < -0.4 is 5.32 Å². The molecule has 0 unspecified atom stereocenters. The van der Waals surface area contributed by atoms with E-state index in [-0.39, 0.29) is 18.7 Å². The van der Waals surface area contributed by atoms with Gasteiger partial charge in [0.2, 0.25) is 17.6 Å². The molecular weight excluding hydrogens is 370 g/mol. The van der Waals surface area contributed by atoms with Crippen LogP contribution in [0, 0.1) is 5.92 Å². The molecule has 2 aromatic rings. The molecule has 0 aliphatic heterocycles. The monoisotopic (exact) mass is 391 g/mol. The molecule has 1 aliphatic carbocycles. The van der Waals surface area contributed by atoms with Gasteiger partial charge in [0.15, 0.2) is 0 Å². The zero-order valence-corrected chi connectivity index (χ0v) is 15.8. The number of benzene rings is 1. The molecule has 1 heterocycles. The highest BCUT2D eigenvalue weighted by atomic mass is 35.5. The van der Waals surface area contributed by atoms with Gasteiger partial charge in [0.25, 0.3) is 0 Å². The Balaban J connectivity index is 1.57. The number of nitrogens with one attached hydrogen (secondary N) is 1. The fraction of sp³-hybridized carbons (Fsp3) is 0.474. The van der Waals surface area contributed by atoms with Gasteiger partial charge in [0.05, 0.1) is 0 Å². The minimum absolute atomic E-state index is 0.0901. The average molecular weight is 392 g/mol. The van der Waals surface area contributed by atoms with E-state index in [0.717, 1.165) is 18.4 Å². The number of carboxylic acids is 1. The first-order valence-electron chi connectivity index (χ1n) is 9.01. The predicted molar refractivity (Wildman–Crippen MR) is 99.2 cm³/mol. The second-order valence-corrected chi connectivity index (χ2v) is 7.57. The summed E-state index contributed by atoms with van der Waals surface area (Å²) in [5, 5.41) is 16.8. The third-order valence-corrected chi connectivity index (χ3v) is 5.30. The summed E-state index contributed by atoms with van der Waals surface area (Å²) in [6.45, 7) is 2.10. The van der Waals surface area contributed by atoms with E-state index in [9.17, 15) is 14.7 Å². The number of halogens is 1. The topological polar surface area (TPSA) is 105 Å². The largest absolute Gasteiger partial charge is 0.480 e. The van der Waals surface area contributed by atoms with Gasteiger partial charge in [0.1, 0.15) is 5.54 Å². The van der Waals surface area contributed by atoms with Gasteiger partial charge in [-0.25, -0.2) is 4.79 Å². The Morgan fingerprint density at radius 3 is 2.59 bits per heavy atom. The maximum absolute atomic E-state index is 12.3. The SMILES string of the molecule is CC1CCC(NC(=O)CCc2nc(-c3ccc(Cl)cc3)no2)(C(=O)O)CC1. The van der Waals surface area contributed by atoms with Crippen molar-refractivity contribution >= 4 is 23.5 Å². The maximum Gasteiger partial charge on any atom is 0.329 e. The van der Waals surface area contributed by atoms with Gasteiger partial charge in [-0.15, -0.1) is 0 Å². The zero-order valence-electron chi connectivity index (χ0n) is 15.1. The number of hydrogen-bond acceptors (Lipinski definition) is 5. The minimum Gasteiger partial charge on any atom is -0.480 e. The first-order valence-corrected chi connectivity index (χ1v) is 9.39. The van der Waals surface area contributed by atoms with Gasteiger partial charge in [-0.2, -0.15) is 4.98 Å². The lowest BCUT2D eigenvalue weighted by molar-refractivity contribution is -0.149. The average Bonchev–Trinajstić information content (AvgIpc) is 3.11. The second-order valence-electron chi connectivity index (χ2n) is 7.14. The number of hydrogen-bond donors (Lipinski definition) is 2. The molecule has 0 radical (unpaired) electrons. The Morgan fingerprint density at radius 2 is 1.96 bits per heavy atom. The van der Waals surface area contributed by atoms with E-state index in [4.69, 9.17) is 16.1 Å². The molecule has 1 aromatic carbocycles. The summed E-state index contributed by atoms with van der Waals surface area (Å²) in [7, 11) is 0. The van der Waals surface area contributed by atoms with E-state index in [1.165, 1.54) is 0 Å². The molecule has 0 bridgehead atoms. The summed E-state index contributed by atoms with van der Waals surface area (Å²) in [6, 6.07) is 7.03. The van der Waals surface area contributed by atoms with Crippen LogP contribution in [-0.2, 0) is 16.0 Å². The Kier molecular flexibility index (Phi) is 5.79. The van der Waals surface area contributed by atoms with Crippen LogP contribution in [0.2, 0.25) is 5.02 Å². The first-order chi connectivity index (χ1) is 12.9. The van der Waals surface area contributed by atoms with E-state index in [1.54, 1.807) is 24.3 Å². The lowest BCUT2D eigenvalue weighted by atomic mass is 9.77. The van der Waals surface area contributed by atoms with Gasteiger partial charge in [-0.05, 0) is 55.9 Å². The Labute approximate surface area is 162 Å². The number of amides is 1. The molecule has 2 N–H and O–H groups in total. The highest BCUT2D eigenvalue weighted by Gasteiger charge is 2.42. The first kappa shape index (κ1) is 19.4. The summed E-state index contributed by atoms with van der Waals surface area (Å²) in [6.07, 6.45) is 2.83. The molecule has 1 amide bonds. The summed E-state index contributed by atoms with van der Waals surface area (Å²) in [5.74, 6) is -0.0510. The van der Waals surface area contributed by atoms with Crippen molar-refractivity contribution in [1.82, 2.24) is 15.5 Å². The van der Waals surface area contributed by atoms with E-state index in [2.05, 4.69) is 22.4 Å². The normalized spacial score (nSPS) is 22.4. The van der Waals surface area contributed by atoms with Crippen molar-refractivity contribution in [2.24, 2.45) is 5.92 Å². The van der Waals surface area contributed by atoms with Crippen molar-refractivity contribution in [2.75, 3.05) is 0 Å². The predicted octanol–water partition coefficient (Wildman–Crippen LogP) is 3.47. The van der Waals surface area contributed by atoms with Crippen LogP contribution in [0.3, 0.4) is 0 Å². The van der Waals surface area contributed by atoms with Gasteiger partial charge in [-0.3, -0.25) is 4.79 Å². The van der Waals surface area contributed by atoms with Gasteiger partial charge in [-0.1, -0.05) is 23.7 Å². The second kappa shape index (κ2) is 8.08. The third kappa shape index (κ3) is 4.66. The van der Waals surface area contributed by atoms with Crippen LogP contribution in [0.4, 0.5) is 0 Å². The number of aryl methyl sites for hydroxylation is 1. The van der Waals surface area contributed by atoms with Crippen LogP contribution in [0.25, 0.3) is 11.4 Å². The molecule has 27 heavy (non-hydrogen) atoms. The van der Waals surface area contributed by atoms with E-state index in [0.29, 0.717) is 35.5 Å². The molecule has 1 aliphatic rings. The number of nitrogens with zero attached hydrogens (tertiary/aromatic N) is 2. The molecule has 0 spiro atoms. The smallest absolute Gasteiger partial charge is 0.329 e. The van der Waals surface area contributed by atoms with Gasteiger partial charge < -0.3 is 14.9 Å². The number of carbonyl (C=O) groups excluding carboxylic acids is 1. The summed E-state index contributed by atoms with van der Waals surface area (Å²) < 4.78 is 5.19. The van der Waals surface area contributed by atoms with Crippen molar-refractivity contribution in [3.63, 3.8) is 0 Å². The lowest BCUT2D eigenvalue weighted by Gasteiger charge is -2.36. The fourth-order valence-electron chi connectivity index (χ4n) is 3.27. The minimum atomic E-state index is -1.16. The number of carbonyl (C=O) groups is 2. The number of aliphatic carboxylic acids is 1. The number of rotatable bonds is 6. The molecule has 1 fully saturated rings. The maximum atomic E-state index is 12.3. The van der Waals surface area contributed by atoms with Crippen molar-refractivity contribution in [3.05, 3.63) is 35.2 Å². The summed E-state index contributed by atoms with van der Waals surface area (Å²) >= 11 is 5.86. The lowest BCUT2D eigenvalue weighted by Crippen LogP contribution is -2.56. The molecule has 144 valence electrons. The molecule has 0 saturated heterocycles. The van der Waals surface area contributed by atoms with Crippen molar-refractivity contribution in [2.45, 2.75) is 51.0 Å². The number of carboxylic acid groups (broad SMARTS) is 1. The van der Waals surface area contributed by atoms with Crippen LogP contribution in [0.15, 0.2) is 28.8 Å². The van der Waals surface area contributed by atoms with Crippen LogP contribution in [0.1, 0.15) is 44.9 Å². The van der Waals surface area contributed by atoms with Gasteiger partial charge >= 0.3 is 5.97 Å². The van der Waals surface area contributed by atoms with E-state index < -0.39 is 11.5 Å². The molecule has 1 aromatic heterocycles. The van der Waals surface area contributed by atoms with Crippen molar-refractivity contribution < 1.29 is 19.2 Å². The van der Waals surface area contributed by atoms with Crippen LogP contribution >= 0.6 is 11.6 Å². The third-order valence-electron chi connectivity index (χ3n) is 5.05. The molecule has 8 heteroatoms. The highest BCUT2D eigenvalue weighted by Crippen LogP contribution is 2.32. The summed E-state index contributed by atoms with van der Waals surface area (Å²) in [4.78, 5) is 28.3.